The summed E-state index contributed by atoms with van der Waals surface area (Å²) >= 11 is 1.84. The van der Waals surface area contributed by atoms with E-state index in [0.29, 0.717) is 11.7 Å². The molecule has 0 saturated carbocycles. The van der Waals surface area contributed by atoms with Crippen LogP contribution in [0.1, 0.15) is 26.2 Å². The predicted octanol–water partition coefficient (Wildman–Crippen LogP) is 4.13. The SMILES string of the molecule is COCC1CCC[NH+]1/N=C(/C1=C(SC)C=CC1)C(C)P(c1ccccc1)c1ccccc1. The monoisotopic (exact) mass is 465 g/mol. The highest BCUT2D eigenvalue weighted by Crippen LogP contribution is 2.43. The molecule has 1 aliphatic carbocycles. The maximum atomic E-state index is 5.54. The van der Waals surface area contributed by atoms with E-state index in [4.69, 9.17) is 9.84 Å². The van der Waals surface area contributed by atoms with E-state index in [-0.39, 0.29) is 0 Å². The molecule has 0 aromatic heterocycles. The van der Waals surface area contributed by atoms with Gasteiger partial charge in [0.2, 0.25) is 0 Å². The quantitative estimate of drug-likeness (QED) is 0.445. The lowest BCUT2D eigenvalue weighted by Gasteiger charge is -2.28. The molecule has 32 heavy (non-hydrogen) atoms. The number of hydrogen-bond acceptors (Lipinski definition) is 3. The molecule has 1 N–H and O–H groups in total. The van der Waals surface area contributed by atoms with Crippen LogP contribution in [-0.4, -0.2) is 43.9 Å². The van der Waals surface area contributed by atoms with Crippen molar-refractivity contribution in [2.75, 3.05) is 26.5 Å². The van der Waals surface area contributed by atoms with Gasteiger partial charge in [-0.2, -0.15) is 0 Å². The number of benzene rings is 2. The van der Waals surface area contributed by atoms with Crippen LogP contribution >= 0.6 is 19.7 Å². The second kappa shape index (κ2) is 11.4. The Labute approximate surface area is 198 Å². The van der Waals surface area contributed by atoms with Gasteiger partial charge in [0, 0.05) is 30.5 Å². The zero-order chi connectivity index (χ0) is 22.3. The lowest BCUT2D eigenvalue weighted by Crippen LogP contribution is -3.10. The Balaban J connectivity index is 1.79. The minimum Gasteiger partial charge on any atom is -0.378 e. The summed E-state index contributed by atoms with van der Waals surface area (Å²) in [5.41, 5.74) is 3.03. The number of nitrogens with zero attached hydrogens (tertiary/aromatic N) is 1. The second-order valence-corrected chi connectivity index (χ2v) is 11.8. The van der Waals surface area contributed by atoms with Crippen molar-refractivity contribution in [2.24, 2.45) is 5.10 Å². The molecule has 0 radical (unpaired) electrons. The molecule has 168 valence electrons. The van der Waals surface area contributed by atoms with Crippen LogP contribution in [0.25, 0.3) is 0 Å². The summed E-state index contributed by atoms with van der Waals surface area (Å²) in [4.78, 5) is 1.37. The Bertz CT molecular complexity index is 934. The fraction of sp³-hybridized carbons (Fsp3) is 0.370. The molecule has 1 saturated heterocycles. The lowest BCUT2D eigenvalue weighted by atomic mass is 10.1. The fourth-order valence-corrected chi connectivity index (χ4v) is 8.10. The van der Waals surface area contributed by atoms with Crippen LogP contribution in [0, 0.1) is 0 Å². The molecule has 0 amide bonds. The summed E-state index contributed by atoms with van der Waals surface area (Å²) < 4.78 is 5.54. The first-order valence-corrected chi connectivity index (χ1v) is 14.1. The van der Waals surface area contributed by atoms with Crippen molar-refractivity contribution in [3.8, 4) is 0 Å². The number of methoxy groups -OCH3 is 1. The number of allylic oxidation sites excluding steroid dienone is 3. The van der Waals surface area contributed by atoms with Crippen molar-refractivity contribution in [3.63, 3.8) is 0 Å². The highest BCUT2D eigenvalue weighted by molar-refractivity contribution is 8.02. The van der Waals surface area contributed by atoms with Gasteiger partial charge in [0.1, 0.15) is 24.9 Å². The summed E-state index contributed by atoms with van der Waals surface area (Å²) in [7, 11) is 1.23. The average Bonchev–Trinajstić information content (AvgIpc) is 3.48. The number of hydrogen-bond donors (Lipinski definition) is 1. The molecule has 3 atom stereocenters. The molecular weight excluding hydrogens is 431 g/mol. The lowest BCUT2D eigenvalue weighted by molar-refractivity contribution is -0.919. The van der Waals surface area contributed by atoms with E-state index in [2.05, 4.69) is 86.0 Å². The third-order valence-electron chi connectivity index (χ3n) is 6.36. The van der Waals surface area contributed by atoms with E-state index in [0.717, 1.165) is 19.6 Å². The van der Waals surface area contributed by atoms with E-state index in [9.17, 15) is 0 Å². The maximum Gasteiger partial charge on any atom is 0.135 e. The Morgan fingerprint density at radius 3 is 2.38 bits per heavy atom. The number of thioether (sulfide) groups is 1. The number of quaternary nitrogens is 1. The largest absolute Gasteiger partial charge is 0.378 e. The van der Waals surface area contributed by atoms with E-state index < -0.39 is 7.92 Å². The standard InChI is InChI=1S/C27H33N2OPS/c1-21(31(23-13-6-4-7-14-23)24-15-8-5-9-16-24)27(25-17-10-18-26(25)32-3)28-29-19-11-12-22(29)20-30-2/h4-10,13-16,18,21-22H,11-12,17,19-20H2,1-3H3/p+1/b28-27+. The molecule has 1 fully saturated rings. The first-order chi connectivity index (χ1) is 15.7. The Morgan fingerprint density at radius 2 is 1.78 bits per heavy atom. The molecule has 1 heterocycles. The smallest absolute Gasteiger partial charge is 0.135 e. The molecular formula is C27H34N2OPS+. The molecule has 0 bridgehead atoms. The van der Waals surface area contributed by atoms with Crippen LogP contribution in [0.3, 0.4) is 0 Å². The molecule has 2 aromatic carbocycles. The Kier molecular flexibility index (Phi) is 8.37. The van der Waals surface area contributed by atoms with Gasteiger partial charge in [0.15, 0.2) is 0 Å². The molecule has 2 aliphatic rings. The van der Waals surface area contributed by atoms with Gasteiger partial charge >= 0.3 is 0 Å². The molecule has 5 heteroatoms. The van der Waals surface area contributed by atoms with Gasteiger partial charge in [-0.3, -0.25) is 0 Å². The third kappa shape index (κ3) is 5.26. The van der Waals surface area contributed by atoms with Crippen LogP contribution in [0.2, 0.25) is 0 Å². The van der Waals surface area contributed by atoms with Crippen molar-refractivity contribution < 1.29 is 9.75 Å². The van der Waals surface area contributed by atoms with Gasteiger partial charge in [-0.15, -0.1) is 11.8 Å². The first kappa shape index (κ1) is 23.4. The number of ether oxygens (including phenoxy) is 1. The van der Waals surface area contributed by atoms with Gasteiger partial charge in [-0.25, -0.2) is 5.01 Å². The number of nitrogens with one attached hydrogen (secondary N) is 1. The van der Waals surface area contributed by atoms with E-state index in [1.807, 2.05) is 18.9 Å². The van der Waals surface area contributed by atoms with Crippen molar-refractivity contribution in [1.82, 2.24) is 0 Å². The summed E-state index contributed by atoms with van der Waals surface area (Å²) in [6.07, 6.45) is 10.1. The van der Waals surface area contributed by atoms with Crippen LogP contribution in [-0.2, 0) is 4.74 Å². The van der Waals surface area contributed by atoms with Crippen molar-refractivity contribution >= 4 is 36.0 Å². The minimum atomic E-state index is -0.581. The van der Waals surface area contributed by atoms with Gasteiger partial charge in [0.05, 0.1) is 0 Å². The molecule has 3 unspecified atom stereocenters. The van der Waals surface area contributed by atoms with Crippen molar-refractivity contribution in [1.29, 1.82) is 0 Å². The van der Waals surface area contributed by atoms with Crippen LogP contribution in [0.4, 0.5) is 0 Å². The minimum absolute atomic E-state index is 0.322. The number of rotatable bonds is 9. The van der Waals surface area contributed by atoms with Crippen molar-refractivity contribution in [2.45, 2.75) is 37.9 Å². The first-order valence-electron chi connectivity index (χ1n) is 11.5. The van der Waals surface area contributed by atoms with Crippen molar-refractivity contribution in [3.05, 3.63) is 83.3 Å². The maximum absolute atomic E-state index is 5.54. The van der Waals surface area contributed by atoms with Gasteiger partial charge in [-0.05, 0) is 36.8 Å². The predicted molar refractivity (Wildman–Crippen MR) is 141 cm³/mol. The van der Waals surface area contributed by atoms with E-state index >= 15 is 0 Å². The fourth-order valence-electron chi connectivity index (χ4n) is 4.80. The topological polar surface area (TPSA) is 26.0 Å². The molecule has 4 rings (SSSR count). The normalized spacial score (nSPS) is 22.2. The summed E-state index contributed by atoms with van der Waals surface area (Å²) in [6.45, 7) is 4.27. The molecule has 2 aromatic rings. The van der Waals surface area contributed by atoms with Gasteiger partial charge in [-0.1, -0.05) is 84.8 Å². The van der Waals surface area contributed by atoms with E-state index in [1.165, 1.54) is 44.6 Å². The summed E-state index contributed by atoms with van der Waals surface area (Å²) in [5.74, 6) is 0. The molecule has 1 aliphatic heterocycles. The zero-order valence-corrected chi connectivity index (χ0v) is 21.0. The van der Waals surface area contributed by atoms with Crippen LogP contribution in [0.15, 0.2) is 88.4 Å². The highest BCUT2D eigenvalue weighted by Gasteiger charge is 2.34. The molecule has 3 nitrogen and oxygen atoms in total. The van der Waals surface area contributed by atoms with Crippen LogP contribution < -0.4 is 15.6 Å². The van der Waals surface area contributed by atoms with E-state index in [1.54, 1.807) is 0 Å². The second-order valence-electron chi connectivity index (χ2n) is 8.40. The molecule has 0 spiro atoms. The third-order valence-corrected chi connectivity index (χ3v) is 9.91. The average molecular weight is 466 g/mol. The Morgan fingerprint density at radius 1 is 1.12 bits per heavy atom. The zero-order valence-electron chi connectivity index (χ0n) is 19.3. The summed E-state index contributed by atoms with van der Waals surface area (Å²) in [5, 5.41) is 9.65. The highest BCUT2D eigenvalue weighted by atomic mass is 32.2. The van der Waals surface area contributed by atoms with Gasteiger partial charge < -0.3 is 4.74 Å². The summed E-state index contributed by atoms with van der Waals surface area (Å²) in [6, 6.07) is 22.5. The van der Waals surface area contributed by atoms with Crippen LogP contribution in [0.5, 0.6) is 0 Å². The van der Waals surface area contributed by atoms with Gasteiger partial charge in [0.25, 0.3) is 0 Å². The Hall–Kier alpha value is -1.71.